The van der Waals surface area contributed by atoms with Gasteiger partial charge in [-0.3, -0.25) is 4.79 Å². The van der Waals surface area contributed by atoms with Crippen LogP contribution in [0.2, 0.25) is 0 Å². The monoisotopic (exact) mass is 184 g/mol. The van der Waals surface area contributed by atoms with Crippen LogP contribution in [-0.2, 0) is 4.79 Å². The van der Waals surface area contributed by atoms with E-state index in [9.17, 15) is 4.79 Å². The molecule has 0 aromatic heterocycles. The average molecular weight is 184 g/mol. The Morgan fingerprint density at radius 1 is 1.38 bits per heavy atom. The first kappa shape index (κ1) is 12.2. The largest absolute Gasteiger partial charge is 0.340 e. The lowest BCUT2D eigenvalue weighted by atomic mass is 10.1. The average Bonchev–Trinajstić information content (AvgIpc) is 2.15. The van der Waals surface area contributed by atoms with Gasteiger partial charge >= 0.3 is 0 Å². The Bertz CT molecular complexity index is 174. The van der Waals surface area contributed by atoms with E-state index >= 15 is 0 Å². The van der Waals surface area contributed by atoms with Crippen molar-refractivity contribution in [1.82, 2.24) is 4.90 Å². The third-order valence-electron chi connectivity index (χ3n) is 2.04. The van der Waals surface area contributed by atoms with Crippen LogP contribution in [0.5, 0.6) is 0 Å². The zero-order valence-corrected chi connectivity index (χ0v) is 8.68. The van der Waals surface area contributed by atoms with Gasteiger partial charge in [-0.15, -0.1) is 0 Å². The number of amides is 1. The van der Waals surface area contributed by atoms with Crippen molar-refractivity contribution < 1.29 is 4.79 Å². The number of hydrogen-bond acceptors (Lipinski definition) is 2. The number of rotatable bonds is 6. The molecule has 3 nitrogen and oxygen atoms in total. The Kier molecular flexibility index (Phi) is 6.24. The Morgan fingerprint density at radius 2 is 1.92 bits per heavy atom. The van der Waals surface area contributed by atoms with Crippen molar-refractivity contribution in [3.8, 4) is 0 Å². The Morgan fingerprint density at radius 3 is 2.31 bits per heavy atom. The lowest BCUT2D eigenvalue weighted by molar-refractivity contribution is -0.126. The molecule has 0 radical (unpaired) electrons. The molecule has 0 saturated carbocycles. The van der Waals surface area contributed by atoms with Gasteiger partial charge in [-0.1, -0.05) is 6.58 Å². The van der Waals surface area contributed by atoms with Crippen LogP contribution < -0.4 is 5.73 Å². The molecule has 0 fully saturated rings. The molecule has 0 atom stereocenters. The highest BCUT2D eigenvalue weighted by atomic mass is 16.2. The standard InChI is InChI=1S/C10H20N2O/c1-4-12(5-2)10(13)9(3)7-6-8-11/h3-8,11H2,1-2H3. The van der Waals surface area contributed by atoms with E-state index in [0.717, 1.165) is 19.5 Å². The molecule has 0 aliphatic rings. The molecule has 0 aromatic carbocycles. The molecule has 0 heterocycles. The molecule has 0 aliphatic heterocycles. The minimum atomic E-state index is 0.0680. The fraction of sp³-hybridized carbons (Fsp3) is 0.700. The fourth-order valence-electron chi connectivity index (χ4n) is 1.16. The number of likely N-dealkylation sites (N-methyl/N-ethyl adjacent to an activating group) is 1. The van der Waals surface area contributed by atoms with Gasteiger partial charge in [0, 0.05) is 18.7 Å². The normalized spacial score (nSPS) is 9.77. The second-order valence-electron chi connectivity index (χ2n) is 2.97. The molecule has 0 saturated heterocycles. The first-order valence-electron chi connectivity index (χ1n) is 4.84. The molecule has 2 N–H and O–H groups in total. The number of nitrogens with zero attached hydrogens (tertiary/aromatic N) is 1. The minimum absolute atomic E-state index is 0.0680. The summed E-state index contributed by atoms with van der Waals surface area (Å²) in [6.07, 6.45) is 1.55. The number of carbonyl (C=O) groups excluding carboxylic acids is 1. The van der Waals surface area contributed by atoms with E-state index in [1.54, 1.807) is 4.90 Å². The van der Waals surface area contributed by atoms with Crippen molar-refractivity contribution in [3.05, 3.63) is 12.2 Å². The van der Waals surface area contributed by atoms with Crippen molar-refractivity contribution in [3.63, 3.8) is 0 Å². The van der Waals surface area contributed by atoms with Crippen molar-refractivity contribution in [2.45, 2.75) is 26.7 Å². The fourth-order valence-corrected chi connectivity index (χ4v) is 1.16. The third kappa shape index (κ3) is 4.08. The maximum absolute atomic E-state index is 11.6. The van der Waals surface area contributed by atoms with Gasteiger partial charge in [0.1, 0.15) is 0 Å². The highest BCUT2D eigenvalue weighted by molar-refractivity contribution is 5.92. The van der Waals surface area contributed by atoms with Gasteiger partial charge in [-0.05, 0) is 33.2 Å². The van der Waals surface area contributed by atoms with E-state index in [4.69, 9.17) is 5.73 Å². The molecule has 0 unspecified atom stereocenters. The Labute approximate surface area is 80.6 Å². The van der Waals surface area contributed by atoms with Gasteiger partial charge in [0.05, 0.1) is 0 Å². The Hall–Kier alpha value is -0.830. The van der Waals surface area contributed by atoms with Crippen LogP contribution in [-0.4, -0.2) is 30.4 Å². The number of nitrogens with two attached hydrogens (primary N) is 1. The summed E-state index contributed by atoms with van der Waals surface area (Å²) in [6, 6.07) is 0. The van der Waals surface area contributed by atoms with E-state index < -0.39 is 0 Å². The van der Waals surface area contributed by atoms with Gasteiger partial charge in [0.2, 0.25) is 5.91 Å². The summed E-state index contributed by atoms with van der Waals surface area (Å²) in [5.74, 6) is 0.0680. The van der Waals surface area contributed by atoms with E-state index in [1.165, 1.54) is 0 Å². The molecular weight excluding hydrogens is 164 g/mol. The van der Waals surface area contributed by atoms with Crippen molar-refractivity contribution in [2.75, 3.05) is 19.6 Å². The lowest BCUT2D eigenvalue weighted by Crippen LogP contribution is -2.31. The third-order valence-corrected chi connectivity index (χ3v) is 2.04. The van der Waals surface area contributed by atoms with Gasteiger partial charge < -0.3 is 10.6 Å². The summed E-state index contributed by atoms with van der Waals surface area (Å²) < 4.78 is 0. The first-order chi connectivity index (χ1) is 6.17. The van der Waals surface area contributed by atoms with E-state index in [0.29, 0.717) is 18.5 Å². The minimum Gasteiger partial charge on any atom is -0.340 e. The molecule has 13 heavy (non-hydrogen) atoms. The van der Waals surface area contributed by atoms with Crippen LogP contribution in [0.25, 0.3) is 0 Å². The van der Waals surface area contributed by atoms with Crippen LogP contribution in [0.1, 0.15) is 26.7 Å². The summed E-state index contributed by atoms with van der Waals surface area (Å²) in [6.45, 7) is 9.81. The lowest BCUT2D eigenvalue weighted by Gasteiger charge is -2.19. The smallest absolute Gasteiger partial charge is 0.249 e. The highest BCUT2D eigenvalue weighted by Gasteiger charge is 2.12. The molecule has 0 rings (SSSR count). The predicted octanol–water partition coefficient (Wildman–Crippen LogP) is 1.15. The quantitative estimate of drug-likeness (QED) is 0.629. The summed E-state index contributed by atoms with van der Waals surface area (Å²) >= 11 is 0. The van der Waals surface area contributed by atoms with Crippen LogP contribution in [0, 0.1) is 0 Å². The zero-order chi connectivity index (χ0) is 10.3. The van der Waals surface area contributed by atoms with Crippen LogP contribution in [0.3, 0.4) is 0 Å². The summed E-state index contributed by atoms with van der Waals surface area (Å²) in [5, 5.41) is 0. The molecule has 0 aliphatic carbocycles. The van der Waals surface area contributed by atoms with Gasteiger partial charge in [0.15, 0.2) is 0 Å². The van der Waals surface area contributed by atoms with Crippen molar-refractivity contribution in [1.29, 1.82) is 0 Å². The van der Waals surface area contributed by atoms with E-state index in [2.05, 4.69) is 6.58 Å². The molecular formula is C10H20N2O. The first-order valence-corrected chi connectivity index (χ1v) is 4.84. The summed E-state index contributed by atoms with van der Waals surface area (Å²) in [7, 11) is 0. The predicted molar refractivity (Wildman–Crippen MR) is 55.4 cm³/mol. The number of carbonyl (C=O) groups is 1. The van der Waals surface area contributed by atoms with Gasteiger partial charge in [-0.2, -0.15) is 0 Å². The highest BCUT2D eigenvalue weighted by Crippen LogP contribution is 2.06. The van der Waals surface area contributed by atoms with Crippen molar-refractivity contribution in [2.24, 2.45) is 5.73 Å². The molecule has 3 heteroatoms. The maximum Gasteiger partial charge on any atom is 0.249 e. The number of hydrogen-bond donors (Lipinski definition) is 1. The topological polar surface area (TPSA) is 46.3 Å². The van der Waals surface area contributed by atoms with Crippen LogP contribution in [0.4, 0.5) is 0 Å². The van der Waals surface area contributed by atoms with Gasteiger partial charge in [-0.25, -0.2) is 0 Å². The maximum atomic E-state index is 11.6. The van der Waals surface area contributed by atoms with E-state index in [-0.39, 0.29) is 5.91 Å². The van der Waals surface area contributed by atoms with Crippen LogP contribution >= 0.6 is 0 Å². The second kappa shape index (κ2) is 6.66. The SMILES string of the molecule is C=C(CCCN)C(=O)N(CC)CC. The molecule has 0 bridgehead atoms. The van der Waals surface area contributed by atoms with E-state index in [1.807, 2.05) is 13.8 Å². The molecule has 0 aromatic rings. The Balaban J connectivity index is 4.00. The zero-order valence-electron chi connectivity index (χ0n) is 8.68. The molecule has 1 amide bonds. The van der Waals surface area contributed by atoms with Crippen molar-refractivity contribution >= 4 is 5.91 Å². The molecule has 76 valence electrons. The molecule has 0 spiro atoms. The van der Waals surface area contributed by atoms with Gasteiger partial charge in [0.25, 0.3) is 0 Å². The summed E-state index contributed by atoms with van der Waals surface area (Å²) in [5.41, 5.74) is 6.03. The summed E-state index contributed by atoms with van der Waals surface area (Å²) in [4.78, 5) is 13.4. The second-order valence-corrected chi connectivity index (χ2v) is 2.97. The van der Waals surface area contributed by atoms with Crippen LogP contribution in [0.15, 0.2) is 12.2 Å².